The number of guanidine groups is 1. The van der Waals surface area contributed by atoms with E-state index in [1.807, 2.05) is 13.8 Å². The van der Waals surface area contributed by atoms with Gasteiger partial charge in [0.2, 0.25) is 0 Å². The minimum atomic E-state index is -3.04. The average molecular weight is 325 g/mol. The van der Waals surface area contributed by atoms with Gasteiger partial charge in [-0.3, -0.25) is 4.79 Å². The predicted octanol–water partition coefficient (Wildman–Crippen LogP) is 3.90. The molecule has 0 saturated heterocycles. The maximum atomic E-state index is 14.1. The molecule has 0 aromatic heterocycles. The second-order valence-corrected chi connectivity index (χ2v) is 5.81. The Morgan fingerprint density at radius 1 is 1.22 bits per heavy atom. The Bertz CT molecular complexity index is 570. The average Bonchev–Trinajstić information content (AvgIpc) is 2.45. The van der Waals surface area contributed by atoms with Gasteiger partial charge < -0.3 is 11.5 Å². The molecule has 1 aromatic rings. The van der Waals surface area contributed by atoms with Crippen LogP contribution in [0.5, 0.6) is 0 Å². The van der Waals surface area contributed by atoms with E-state index in [9.17, 15) is 13.6 Å². The van der Waals surface area contributed by atoms with Crippen molar-refractivity contribution in [3.63, 3.8) is 0 Å². The molecule has 0 atom stereocenters. The molecule has 0 aliphatic rings. The van der Waals surface area contributed by atoms with E-state index in [0.717, 1.165) is 32.6 Å². The van der Waals surface area contributed by atoms with Gasteiger partial charge in [0.25, 0.3) is 11.8 Å². The van der Waals surface area contributed by atoms with E-state index in [-0.39, 0.29) is 17.0 Å². The Morgan fingerprint density at radius 3 is 2.22 bits per heavy atom. The highest BCUT2D eigenvalue weighted by Crippen LogP contribution is 2.37. The standard InChI is InChI=1S/C17H25F2N3O/c1-4-6-11(7-5-2)13-9-8-12(15(23)22-16(20)21)10-14(13)17(3,18)19/h8-11H,4-7H2,1-3H3,(H4,20,21,22,23). The monoisotopic (exact) mass is 325 g/mol. The summed E-state index contributed by atoms with van der Waals surface area (Å²) in [5.41, 5.74) is 10.9. The van der Waals surface area contributed by atoms with Crippen LogP contribution in [0.2, 0.25) is 0 Å². The van der Waals surface area contributed by atoms with Gasteiger partial charge in [-0.2, -0.15) is 4.99 Å². The van der Waals surface area contributed by atoms with Crippen molar-refractivity contribution in [2.24, 2.45) is 16.5 Å². The molecule has 0 heterocycles. The number of carbonyl (C=O) groups excluding carboxylic acids is 1. The summed E-state index contributed by atoms with van der Waals surface area (Å²) >= 11 is 0. The zero-order valence-electron chi connectivity index (χ0n) is 13.9. The number of nitrogens with zero attached hydrogens (tertiary/aromatic N) is 1. The van der Waals surface area contributed by atoms with Crippen molar-refractivity contribution in [2.45, 2.75) is 58.3 Å². The normalized spacial score (nSPS) is 11.6. The molecular weight excluding hydrogens is 300 g/mol. The first-order valence-electron chi connectivity index (χ1n) is 7.86. The van der Waals surface area contributed by atoms with Crippen molar-refractivity contribution < 1.29 is 13.6 Å². The molecule has 1 rings (SSSR count). The molecule has 0 radical (unpaired) electrons. The van der Waals surface area contributed by atoms with E-state index in [4.69, 9.17) is 11.5 Å². The highest BCUT2D eigenvalue weighted by Gasteiger charge is 2.30. The summed E-state index contributed by atoms with van der Waals surface area (Å²) in [6, 6.07) is 4.33. The minimum Gasteiger partial charge on any atom is -0.370 e. The lowest BCUT2D eigenvalue weighted by Gasteiger charge is -2.23. The maximum Gasteiger partial charge on any atom is 0.280 e. The largest absolute Gasteiger partial charge is 0.370 e. The maximum absolute atomic E-state index is 14.1. The number of rotatable bonds is 7. The van der Waals surface area contributed by atoms with Crippen LogP contribution < -0.4 is 11.5 Å². The molecular formula is C17H25F2N3O. The van der Waals surface area contributed by atoms with E-state index < -0.39 is 17.8 Å². The van der Waals surface area contributed by atoms with Crippen LogP contribution in [0.25, 0.3) is 0 Å². The van der Waals surface area contributed by atoms with E-state index in [1.54, 1.807) is 6.07 Å². The third-order valence-electron chi connectivity index (χ3n) is 3.72. The summed E-state index contributed by atoms with van der Waals surface area (Å²) in [4.78, 5) is 15.3. The van der Waals surface area contributed by atoms with Crippen molar-refractivity contribution in [2.75, 3.05) is 0 Å². The lowest BCUT2D eigenvalue weighted by Crippen LogP contribution is -2.24. The second kappa shape index (κ2) is 8.04. The molecule has 0 aliphatic heterocycles. The molecule has 0 fully saturated rings. The number of benzene rings is 1. The summed E-state index contributed by atoms with van der Waals surface area (Å²) in [6.45, 7) is 4.90. The van der Waals surface area contributed by atoms with Gasteiger partial charge in [-0.15, -0.1) is 0 Å². The number of hydrogen-bond acceptors (Lipinski definition) is 1. The third kappa shape index (κ3) is 5.30. The van der Waals surface area contributed by atoms with Crippen LogP contribution in [-0.4, -0.2) is 11.9 Å². The molecule has 6 heteroatoms. The van der Waals surface area contributed by atoms with Crippen molar-refractivity contribution >= 4 is 11.9 Å². The highest BCUT2D eigenvalue weighted by molar-refractivity contribution is 6.02. The number of alkyl halides is 2. The quantitative estimate of drug-likeness (QED) is 0.589. The third-order valence-corrected chi connectivity index (χ3v) is 3.72. The van der Waals surface area contributed by atoms with E-state index in [2.05, 4.69) is 4.99 Å². The fourth-order valence-electron chi connectivity index (χ4n) is 2.76. The molecule has 4 N–H and O–H groups in total. The van der Waals surface area contributed by atoms with E-state index >= 15 is 0 Å². The number of hydrogen-bond donors (Lipinski definition) is 2. The van der Waals surface area contributed by atoms with Crippen molar-refractivity contribution in [1.29, 1.82) is 0 Å². The Kier molecular flexibility index (Phi) is 6.66. The summed E-state index contributed by atoms with van der Waals surface area (Å²) in [6.07, 6.45) is 3.48. The van der Waals surface area contributed by atoms with Crippen LogP contribution in [0.4, 0.5) is 8.78 Å². The van der Waals surface area contributed by atoms with Gasteiger partial charge in [0.1, 0.15) is 0 Å². The molecule has 0 aliphatic carbocycles. The Balaban J connectivity index is 3.37. The van der Waals surface area contributed by atoms with Crippen molar-refractivity contribution in [3.05, 3.63) is 34.9 Å². The van der Waals surface area contributed by atoms with Crippen LogP contribution in [0.15, 0.2) is 23.2 Å². The van der Waals surface area contributed by atoms with Gasteiger partial charge in [0.05, 0.1) is 0 Å². The van der Waals surface area contributed by atoms with Crippen LogP contribution in [0, 0.1) is 0 Å². The fourth-order valence-corrected chi connectivity index (χ4v) is 2.76. The van der Waals surface area contributed by atoms with Gasteiger partial charge in [-0.1, -0.05) is 32.8 Å². The smallest absolute Gasteiger partial charge is 0.280 e. The Morgan fingerprint density at radius 2 is 1.78 bits per heavy atom. The molecule has 0 bridgehead atoms. The van der Waals surface area contributed by atoms with Gasteiger partial charge in [-0.05, 0) is 36.5 Å². The number of halogens is 2. The van der Waals surface area contributed by atoms with E-state index in [0.29, 0.717) is 5.56 Å². The molecule has 1 aromatic carbocycles. The molecule has 23 heavy (non-hydrogen) atoms. The van der Waals surface area contributed by atoms with Crippen LogP contribution in [0.1, 0.15) is 73.9 Å². The zero-order valence-corrected chi connectivity index (χ0v) is 13.9. The van der Waals surface area contributed by atoms with Gasteiger partial charge in [0, 0.05) is 18.1 Å². The molecule has 0 saturated carbocycles. The number of nitrogens with two attached hydrogens (primary N) is 2. The van der Waals surface area contributed by atoms with Gasteiger partial charge in [-0.25, -0.2) is 8.78 Å². The fraction of sp³-hybridized carbons (Fsp3) is 0.529. The zero-order chi connectivity index (χ0) is 17.6. The van der Waals surface area contributed by atoms with Crippen molar-refractivity contribution in [1.82, 2.24) is 0 Å². The van der Waals surface area contributed by atoms with Crippen LogP contribution in [-0.2, 0) is 5.92 Å². The Labute approximate surface area is 136 Å². The molecule has 4 nitrogen and oxygen atoms in total. The van der Waals surface area contributed by atoms with Crippen LogP contribution in [0.3, 0.4) is 0 Å². The first-order chi connectivity index (χ1) is 10.7. The first kappa shape index (κ1) is 19.1. The SMILES string of the molecule is CCCC(CCC)c1ccc(C(=O)N=C(N)N)cc1C(C)(F)F. The van der Waals surface area contributed by atoms with Crippen molar-refractivity contribution in [3.8, 4) is 0 Å². The summed E-state index contributed by atoms with van der Waals surface area (Å²) in [7, 11) is 0. The lowest BCUT2D eigenvalue weighted by molar-refractivity contribution is 0.0160. The summed E-state index contributed by atoms with van der Waals surface area (Å²) in [5.74, 6) is -4.09. The minimum absolute atomic E-state index is 0.0538. The summed E-state index contributed by atoms with van der Waals surface area (Å²) in [5, 5.41) is 0. The number of aliphatic imine (C=N–C) groups is 1. The van der Waals surface area contributed by atoms with Crippen LogP contribution >= 0.6 is 0 Å². The molecule has 1 amide bonds. The summed E-state index contributed by atoms with van der Waals surface area (Å²) < 4.78 is 28.1. The first-order valence-corrected chi connectivity index (χ1v) is 7.86. The Hall–Kier alpha value is -1.98. The highest BCUT2D eigenvalue weighted by atomic mass is 19.3. The van der Waals surface area contributed by atoms with Gasteiger partial charge >= 0.3 is 0 Å². The second-order valence-electron chi connectivity index (χ2n) is 5.81. The number of amides is 1. The number of carbonyl (C=O) groups is 1. The molecule has 128 valence electrons. The van der Waals surface area contributed by atoms with E-state index in [1.165, 1.54) is 12.1 Å². The topological polar surface area (TPSA) is 81.5 Å². The van der Waals surface area contributed by atoms with Gasteiger partial charge in [0.15, 0.2) is 5.96 Å². The predicted molar refractivity (Wildman–Crippen MR) is 88.7 cm³/mol. The molecule has 0 unspecified atom stereocenters. The molecule has 0 spiro atoms. The lowest BCUT2D eigenvalue weighted by atomic mass is 9.85.